The Labute approximate surface area is 215 Å². The molecular formula is C33H25N3O. The minimum Gasteiger partial charge on any atom is -0.453 e. The van der Waals surface area contributed by atoms with Gasteiger partial charge in [-0.05, 0) is 73.5 Å². The number of aromatic nitrogens is 2. The summed E-state index contributed by atoms with van der Waals surface area (Å²) in [6, 6.07) is 33.5. The fourth-order valence-corrected chi connectivity index (χ4v) is 5.31. The van der Waals surface area contributed by atoms with Crippen molar-refractivity contribution in [1.82, 2.24) is 9.97 Å². The molecule has 7 rings (SSSR count). The quantitative estimate of drug-likeness (QED) is 0.249. The van der Waals surface area contributed by atoms with Gasteiger partial charge in [0.25, 0.3) is 0 Å². The zero-order chi connectivity index (χ0) is 25.1. The van der Waals surface area contributed by atoms with Crippen molar-refractivity contribution < 1.29 is 4.74 Å². The maximum Gasteiger partial charge on any atom is 0.151 e. The standard InChI is InChI=1S/C33H25N3O/c1-20-16-28(34-26-10-6-4-8-24(20)26)22-12-14-30-32(18-22)37-33-19-23(13-15-31(33)36(30)3)29-17-21(2)25-9-5-7-11-27(25)35-29/h4-19H,1-3H3. The molecule has 0 saturated heterocycles. The van der Waals surface area contributed by atoms with Gasteiger partial charge in [-0.1, -0.05) is 48.5 Å². The Morgan fingerprint density at radius 1 is 0.568 bits per heavy atom. The van der Waals surface area contributed by atoms with E-state index in [1.54, 1.807) is 0 Å². The number of para-hydroxylation sites is 2. The highest BCUT2D eigenvalue weighted by Gasteiger charge is 2.23. The topological polar surface area (TPSA) is 38.2 Å². The van der Waals surface area contributed by atoms with Gasteiger partial charge in [-0.3, -0.25) is 0 Å². The van der Waals surface area contributed by atoms with Crippen molar-refractivity contribution in [3.63, 3.8) is 0 Å². The number of benzene rings is 4. The first-order chi connectivity index (χ1) is 18.0. The van der Waals surface area contributed by atoms with Crippen LogP contribution in [0.3, 0.4) is 0 Å². The van der Waals surface area contributed by atoms with E-state index in [0.717, 1.165) is 56.4 Å². The van der Waals surface area contributed by atoms with Gasteiger partial charge in [0.05, 0.1) is 33.8 Å². The van der Waals surface area contributed by atoms with Gasteiger partial charge in [-0.25, -0.2) is 9.97 Å². The van der Waals surface area contributed by atoms with Crippen molar-refractivity contribution in [3.8, 4) is 34.0 Å². The summed E-state index contributed by atoms with van der Waals surface area (Å²) in [7, 11) is 2.08. The predicted molar refractivity (Wildman–Crippen MR) is 152 cm³/mol. The lowest BCUT2D eigenvalue weighted by Gasteiger charge is -2.30. The zero-order valence-corrected chi connectivity index (χ0v) is 21.0. The van der Waals surface area contributed by atoms with E-state index in [0.29, 0.717) is 0 Å². The molecule has 3 heterocycles. The van der Waals surface area contributed by atoms with Crippen LogP contribution in [0.2, 0.25) is 0 Å². The van der Waals surface area contributed by atoms with Crippen LogP contribution in [-0.2, 0) is 0 Å². The molecule has 4 heteroatoms. The minimum absolute atomic E-state index is 0.819. The van der Waals surface area contributed by atoms with Gasteiger partial charge in [0.2, 0.25) is 0 Å². The molecule has 4 nitrogen and oxygen atoms in total. The molecule has 2 aromatic heterocycles. The Bertz CT molecular complexity index is 1720. The monoisotopic (exact) mass is 479 g/mol. The summed E-state index contributed by atoms with van der Waals surface area (Å²) < 4.78 is 6.51. The fourth-order valence-electron chi connectivity index (χ4n) is 5.31. The predicted octanol–water partition coefficient (Wildman–Crippen LogP) is 8.61. The summed E-state index contributed by atoms with van der Waals surface area (Å²) >= 11 is 0. The first-order valence-corrected chi connectivity index (χ1v) is 12.5. The minimum atomic E-state index is 0.819. The smallest absolute Gasteiger partial charge is 0.151 e. The molecule has 0 saturated carbocycles. The van der Waals surface area contributed by atoms with Crippen molar-refractivity contribution in [2.24, 2.45) is 0 Å². The van der Waals surface area contributed by atoms with E-state index in [4.69, 9.17) is 14.7 Å². The summed E-state index contributed by atoms with van der Waals surface area (Å²) in [5.74, 6) is 1.64. The van der Waals surface area contributed by atoms with E-state index in [1.165, 1.54) is 21.9 Å². The third kappa shape index (κ3) is 3.53. The fraction of sp³-hybridized carbons (Fsp3) is 0.0909. The van der Waals surface area contributed by atoms with Crippen LogP contribution in [0.15, 0.2) is 97.1 Å². The Balaban J connectivity index is 1.29. The largest absolute Gasteiger partial charge is 0.453 e. The van der Waals surface area contributed by atoms with Crippen LogP contribution in [0, 0.1) is 13.8 Å². The van der Waals surface area contributed by atoms with Crippen LogP contribution in [0.5, 0.6) is 11.5 Å². The molecule has 0 radical (unpaired) electrons. The number of ether oxygens (including phenoxy) is 1. The highest BCUT2D eigenvalue weighted by Crippen LogP contribution is 2.48. The van der Waals surface area contributed by atoms with Gasteiger partial charge in [0.1, 0.15) is 0 Å². The summed E-state index contributed by atoms with van der Waals surface area (Å²) in [5.41, 5.74) is 10.4. The Morgan fingerprint density at radius 2 is 1.03 bits per heavy atom. The van der Waals surface area contributed by atoms with E-state index in [-0.39, 0.29) is 0 Å². The second-order valence-electron chi connectivity index (χ2n) is 9.71. The maximum atomic E-state index is 6.51. The first-order valence-electron chi connectivity index (χ1n) is 12.5. The number of nitrogens with zero attached hydrogens (tertiary/aromatic N) is 3. The summed E-state index contributed by atoms with van der Waals surface area (Å²) in [6.07, 6.45) is 0. The number of aryl methyl sites for hydroxylation is 2. The molecule has 178 valence electrons. The normalized spacial score (nSPS) is 12.4. The Hall–Kier alpha value is -4.70. The number of hydrogen-bond donors (Lipinski definition) is 0. The molecule has 0 N–H and O–H groups in total. The third-order valence-electron chi connectivity index (χ3n) is 7.30. The number of hydrogen-bond acceptors (Lipinski definition) is 4. The Morgan fingerprint density at radius 3 is 1.51 bits per heavy atom. The highest BCUT2D eigenvalue weighted by atomic mass is 16.5. The third-order valence-corrected chi connectivity index (χ3v) is 7.30. The Kier molecular flexibility index (Phi) is 4.76. The molecule has 0 amide bonds. The second-order valence-corrected chi connectivity index (χ2v) is 9.71. The molecular weight excluding hydrogens is 454 g/mol. The van der Waals surface area contributed by atoms with Crippen molar-refractivity contribution in [2.45, 2.75) is 13.8 Å². The van der Waals surface area contributed by atoms with Crippen LogP contribution in [0.4, 0.5) is 11.4 Å². The van der Waals surface area contributed by atoms with Crippen molar-refractivity contribution in [3.05, 3.63) is 108 Å². The molecule has 4 aromatic carbocycles. The zero-order valence-electron chi connectivity index (χ0n) is 21.0. The van der Waals surface area contributed by atoms with Gasteiger partial charge in [0, 0.05) is 28.9 Å². The van der Waals surface area contributed by atoms with E-state index in [2.05, 4.69) is 111 Å². The molecule has 1 aliphatic heterocycles. The SMILES string of the molecule is Cc1cc(-c2ccc3c(c2)Oc2cc(-c4cc(C)c5ccccc5n4)ccc2N3C)nc2ccccc12. The average Bonchev–Trinajstić information content (AvgIpc) is 2.92. The summed E-state index contributed by atoms with van der Waals surface area (Å²) in [4.78, 5) is 12.0. The molecule has 0 spiro atoms. The van der Waals surface area contributed by atoms with Gasteiger partial charge in [-0.2, -0.15) is 0 Å². The van der Waals surface area contributed by atoms with Crippen LogP contribution < -0.4 is 9.64 Å². The van der Waals surface area contributed by atoms with Gasteiger partial charge in [0.15, 0.2) is 11.5 Å². The number of anilines is 2. The van der Waals surface area contributed by atoms with E-state index in [1.807, 2.05) is 12.1 Å². The number of rotatable bonds is 2. The second kappa shape index (κ2) is 8.17. The molecule has 37 heavy (non-hydrogen) atoms. The van der Waals surface area contributed by atoms with Gasteiger partial charge < -0.3 is 9.64 Å². The molecule has 6 aromatic rings. The van der Waals surface area contributed by atoms with Crippen molar-refractivity contribution in [2.75, 3.05) is 11.9 Å². The lowest BCUT2D eigenvalue weighted by atomic mass is 10.0. The molecule has 0 aliphatic carbocycles. The number of pyridine rings is 2. The molecule has 0 atom stereocenters. The average molecular weight is 480 g/mol. The summed E-state index contributed by atoms with van der Waals surface area (Å²) in [6.45, 7) is 4.27. The van der Waals surface area contributed by atoms with E-state index in [9.17, 15) is 0 Å². The first kappa shape index (κ1) is 21.6. The highest BCUT2D eigenvalue weighted by molar-refractivity contribution is 5.88. The van der Waals surface area contributed by atoms with Gasteiger partial charge in [-0.15, -0.1) is 0 Å². The molecule has 1 aliphatic rings. The maximum absolute atomic E-state index is 6.51. The van der Waals surface area contributed by atoms with Crippen LogP contribution in [0.1, 0.15) is 11.1 Å². The number of fused-ring (bicyclic) bond motifs is 4. The van der Waals surface area contributed by atoms with Gasteiger partial charge >= 0.3 is 0 Å². The molecule has 0 bridgehead atoms. The lowest BCUT2D eigenvalue weighted by molar-refractivity contribution is 0.476. The van der Waals surface area contributed by atoms with Crippen molar-refractivity contribution >= 4 is 33.2 Å². The lowest BCUT2D eigenvalue weighted by Crippen LogP contribution is -2.15. The van der Waals surface area contributed by atoms with E-state index < -0.39 is 0 Å². The van der Waals surface area contributed by atoms with Crippen LogP contribution in [0.25, 0.3) is 44.3 Å². The molecule has 0 unspecified atom stereocenters. The van der Waals surface area contributed by atoms with E-state index >= 15 is 0 Å². The van der Waals surface area contributed by atoms with Crippen LogP contribution >= 0.6 is 0 Å². The van der Waals surface area contributed by atoms with Crippen LogP contribution in [-0.4, -0.2) is 17.0 Å². The molecule has 0 fully saturated rings. The summed E-state index contributed by atoms with van der Waals surface area (Å²) in [5, 5.41) is 2.36. The van der Waals surface area contributed by atoms with Crippen molar-refractivity contribution in [1.29, 1.82) is 0 Å².